The predicted octanol–water partition coefficient (Wildman–Crippen LogP) is 2.55. The standard InChI is InChI=1S/C20H26BrN7O2/c1-3-27-9-14(15(25-27)16(29)22-2)24-17(30)19-5-12-4-13(6-19)8-20(7-12,10-19)28-11-23-18(21)26-28/h9,11-13H,3-8,10H2,1-2H3,(H,22,29)(H,24,30). The smallest absolute Gasteiger partial charge is 0.273 e. The molecule has 10 heteroatoms. The molecule has 2 heterocycles. The van der Waals surface area contributed by atoms with Gasteiger partial charge in [-0.15, -0.1) is 5.10 Å². The maximum Gasteiger partial charge on any atom is 0.273 e. The summed E-state index contributed by atoms with van der Waals surface area (Å²) in [6.45, 7) is 2.57. The first kappa shape index (κ1) is 19.7. The average molecular weight is 476 g/mol. The number of carbonyl (C=O) groups excluding carboxylic acids is 2. The Kier molecular flexibility index (Phi) is 4.53. The van der Waals surface area contributed by atoms with Crippen LogP contribution in [0.15, 0.2) is 17.3 Å². The van der Waals surface area contributed by atoms with Gasteiger partial charge in [-0.1, -0.05) is 0 Å². The van der Waals surface area contributed by atoms with Gasteiger partial charge >= 0.3 is 0 Å². The van der Waals surface area contributed by atoms with E-state index in [0.29, 0.717) is 28.8 Å². The van der Waals surface area contributed by atoms with Gasteiger partial charge in [-0.05, 0) is 73.2 Å². The monoisotopic (exact) mass is 475 g/mol. The molecule has 0 aliphatic heterocycles. The molecule has 4 fully saturated rings. The number of nitrogens with zero attached hydrogens (tertiary/aromatic N) is 5. The van der Waals surface area contributed by atoms with Gasteiger partial charge in [0.2, 0.25) is 10.6 Å². The van der Waals surface area contributed by atoms with Crippen molar-refractivity contribution in [1.29, 1.82) is 0 Å². The number of anilines is 1. The Bertz CT molecular complexity index is 999. The van der Waals surface area contributed by atoms with Crippen LogP contribution in [0.1, 0.15) is 55.9 Å². The molecule has 160 valence electrons. The van der Waals surface area contributed by atoms with E-state index in [9.17, 15) is 9.59 Å². The molecule has 4 aliphatic rings. The molecule has 30 heavy (non-hydrogen) atoms. The maximum absolute atomic E-state index is 13.7. The number of amides is 2. The van der Waals surface area contributed by atoms with Crippen LogP contribution in [0.2, 0.25) is 0 Å². The molecule has 0 spiro atoms. The molecule has 6 rings (SSSR count). The predicted molar refractivity (Wildman–Crippen MR) is 113 cm³/mol. The van der Waals surface area contributed by atoms with E-state index in [1.165, 1.54) is 6.42 Å². The van der Waals surface area contributed by atoms with E-state index in [0.717, 1.165) is 32.1 Å². The van der Waals surface area contributed by atoms with Gasteiger partial charge in [-0.3, -0.25) is 14.3 Å². The summed E-state index contributed by atoms with van der Waals surface area (Å²) in [6.07, 6.45) is 9.35. The molecule has 2 amide bonds. The highest BCUT2D eigenvalue weighted by molar-refractivity contribution is 9.10. The molecule has 2 N–H and O–H groups in total. The minimum atomic E-state index is -0.448. The average Bonchev–Trinajstić information content (AvgIpc) is 3.33. The Morgan fingerprint density at radius 2 is 1.97 bits per heavy atom. The van der Waals surface area contributed by atoms with Crippen molar-refractivity contribution in [3.63, 3.8) is 0 Å². The third-order valence-electron chi connectivity index (χ3n) is 7.24. The summed E-state index contributed by atoms with van der Waals surface area (Å²) in [7, 11) is 1.57. The van der Waals surface area contributed by atoms with Crippen molar-refractivity contribution in [3.8, 4) is 0 Å². The number of halogens is 1. The highest BCUT2D eigenvalue weighted by Gasteiger charge is 2.61. The Balaban J connectivity index is 1.46. The van der Waals surface area contributed by atoms with Crippen LogP contribution < -0.4 is 10.6 Å². The van der Waals surface area contributed by atoms with Gasteiger partial charge in [0, 0.05) is 19.8 Å². The van der Waals surface area contributed by atoms with E-state index in [-0.39, 0.29) is 23.0 Å². The Hall–Kier alpha value is -2.23. The highest BCUT2D eigenvalue weighted by atomic mass is 79.9. The minimum absolute atomic E-state index is 0.000891. The number of aromatic nitrogens is 5. The number of hydrogen-bond donors (Lipinski definition) is 2. The number of hydrogen-bond acceptors (Lipinski definition) is 5. The quantitative estimate of drug-likeness (QED) is 0.690. The van der Waals surface area contributed by atoms with E-state index < -0.39 is 5.41 Å². The summed E-state index contributed by atoms with van der Waals surface area (Å²) in [4.78, 5) is 30.2. The van der Waals surface area contributed by atoms with Crippen LogP contribution in [0.25, 0.3) is 0 Å². The fraction of sp³-hybridized carbons (Fsp3) is 0.650. The van der Waals surface area contributed by atoms with Crippen LogP contribution >= 0.6 is 15.9 Å². The van der Waals surface area contributed by atoms with Crippen LogP contribution in [0.4, 0.5) is 5.69 Å². The zero-order valence-electron chi connectivity index (χ0n) is 17.2. The van der Waals surface area contributed by atoms with Crippen molar-refractivity contribution in [2.75, 3.05) is 12.4 Å². The fourth-order valence-corrected chi connectivity index (χ4v) is 6.70. The first-order chi connectivity index (χ1) is 14.4. The molecule has 2 aromatic heterocycles. The van der Waals surface area contributed by atoms with Crippen LogP contribution in [0.5, 0.6) is 0 Å². The van der Waals surface area contributed by atoms with E-state index in [2.05, 4.69) is 41.7 Å². The van der Waals surface area contributed by atoms with Crippen LogP contribution in [0.3, 0.4) is 0 Å². The normalized spacial score (nSPS) is 31.7. The van der Waals surface area contributed by atoms with Crippen LogP contribution in [-0.2, 0) is 16.9 Å². The molecule has 9 nitrogen and oxygen atoms in total. The third-order valence-corrected chi connectivity index (χ3v) is 7.60. The van der Waals surface area contributed by atoms with Crippen LogP contribution in [-0.4, -0.2) is 43.4 Å². The maximum atomic E-state index is 13.7. The zero-order valence-corrected chi connectivity index (χ0v) is 18.8. The second-order valence-electron chi connectivity index (χ2n) is 9.20. The lowest BCUT2D eigenvalue weighted by molar-refractivity contribution is -0.150. The summed E-state index contributed by atoms with van der Waals surface area (Å²) >= 11 is 3.37. The molecule has 2 aromatic rings. The summed E-state index contributed by atoms with van der Waals surface area (Å²) in [6, 6.07) is 0. The number of carbonyl (C=O) groups is 2. The van der Waals surface area contributed by atoms with Crippen LogP contribution in [0, 0.1) is 17.3 Å². The molecule has 4 bridgehead atoms. The summed E-state index contributed by atoms with van der Waals surface area (Å²) in [5.41, 5.74) is 0.135. The first-order valence-corrected chi connectivity index (χ1v) is 11.3. The van der Waals surface area contributed by atoms with Crippen molar-refractivity contribution in [1.82, 2.24) is 29.9 Å². The molecule has 0 radical (unpaired) electrons. The number of rotatable bonds is 5. The molecule has 0 aromatic carbocycles. The van der Waals surface area contributed by atoms with Crippen molar-refractivity contribution in [2.45, 2.75) is 57.5 Å². The van der Waals surface area contributed by atoms with Crippen molar-refractivity contribution >= 4 is 33.4 Å². The lowest BCUT2D eigenvalue weighted by atomic mass is 9.46. The van der Waals surface area contributed by atoms with Gasteiger partial charge in [0.15, 0.2) is 5.69 Å². The van der Waals surface area contributed by atoms with Gasteiger partial charge < -0.3 is 10.6 Å². The molecular formula is C20H26BrN7O2. The first-order valence-electron chi connectivity index (χ1n) is 10.5. The zero-order chi connectivity index (χ0) is 21.1. The highest BCUT2D eigenvalue weighted by Crippen LogP contribution is 2.64. The summed E-state index contributed by atoms with van der Waals surface area (Å²) < 4.78 is 4.25. The summed E-state index contributed by atoms with van der Waals surface area (Å²) in [5.74, 6) is 0.724. The third kappa shape index (κ3) is 2.99. The SMILES string of the molecule is CCn1cc(NC(=O)C23CC4CC(C2)CC(n2cnc(Br)n2)(C4)C3)c(C(=O)NC)n1. The molecule has 2 unspecified atom stereocenters. The van der Waals surface area contributed by atoms with Gasteiger partial charge in [0.25, 0.3) is 5.91 Å². The van der Waals surface area contributed by atoms with Gasteiger partial charge in [0.05, 0.1) is 16.6 Å². The fourth-order valence-electron chi connectivity index (χ4n) is 6.44. The van der Waals surface area contributed by atoms with Gasteiger partial charge in [-0.25, -0.2) is 9.67 Å². The topological polar surface area (TPSA) is 107 Å². The van der Waals surface area contributed by atoms with E-state index >= 15 is 0 Å². The molecule has 2 atom stereocenters. The molecular weight excluding hydrogens is 450 g/mol. The number of aryl methyl sites for hydroxylation is 1. The number of nitrogens with one attached hydrogen (secondary N) is 2. The second-order valence-corrected chi connectivity index (χ2v) is 9.91. The van der Waals surface area contributed by atoms with Crippen molar-refractivity contribution < 1.29 is 9.59 Å². The Labute approximate surface area is 183 Å². The van der Waals surface area contributed by atoms with Gasteiger partial charge in [-0.2, -0.15) is 5.10 Å². The minimum Gasteiger partial charge on any atom is -0.354 e. The summed E-state index contributed by atoms with van der Waals surface area (Å²) in [5, 5.41) is 14.6. The Morgan fingerprint density at radius 3 is 2.57 bits per heavy atom. The van der Waals surface area contributed by atoms with Gasteiger partial charge in [0.1, 0.15) is 6.33 Å². The van der Waals surface area contributed by atoms with Crippen molar-refractivity contribution in [3.05, 3.63) is 23.0 Å². The Morgan fingerprint density at radius 1 is 1.23 bits per heavy atom. The molecule has 4 saturated carbocycles. The largest absolute Gasteiger partial charge is 0.354 e. The molecule has 4 aliphatic carbocycles. The molecule has 0 saturated heterocycles. The van der Waals surface area contributed by atoms with Crippen molar-refractivity contribution in [2.24, 2.45) is 17.3 Å². The van der Waals surface area contributed by atoms with E-state index in [1.54, 1.807) is 24.3 Å². The van der Waals surface area contributed by atoms with E-state index in [4.69, 9.17) is 0 Å². The lowest BCUT2D eigenvalue weighted by Crippen LogP contribution is -2.60. The lowest BCUT2D eigenvalue weighted by Gasteiger charge is -2.60. The van der Waals surface area contributed by atoms with E-state index in [1.807, 2.05) is 11.6 Å². The second kappa shape index (κ2) is 6.90.